The Hall–Kier alpha value is -2.44. The predicted molar refractivity (Wildman–Crippen MR) is 90.7 cm³/mol. The predicted octanol–water partition coefficient (Wildman–Crippen LogP) is 2.98. The Morgan fingerprint density at radius 3 is 2.84 bits per heavy atom. The molecule has 0 spiro atoms. The Morgan fingerprint density at radius 2 is 2.20 bits per heavy atom. The Balaban J connectivity index is 1.82. The summed E-state index contributed by atoms with van der Waals surface area (Å²) < 4.78 is 20.0. The molecule has 0 fully saturated rings. The van der Waals surface area contributed by atoms with Gasteiger partial charge in [0, 0.05) is 13.0 Å². The van der Waals surface area contributed by atoms with Crippen LogP contribution in [0.25, 0.3) is 11.0 Å². The number of H-pyrrole nitrogens is 1. The topological polar surface area (TPSA) is 75.3 Å². The number of rotatable bonds is 3. The van der Waals surface area contributed by atoms with Crippen molar-refractivity contribution >= 4 is 23.4 Å². The van der Waals surface area contributed by atoms with Crippen LogP contribution in [0.3, 0.4) is 0 Å². The summed E-state index contributed by atoms with van der Waals surface area (Å²) in [6, 6.07) is 1.85. The number of benzene rings is 1. The molecule has 3 rings (SSSR count). The number of hydrogen-bond acceptors (Lipinski definition) is 4. The van der Waals surface area contributed by atoms with E-state index < -0.39 is 11.7 Å². The molecule has 0 bridgehead atoms. The van der Waals surface area contributed by atoms with Crippen LogP contribution in [0.4, 0.5) is 9.18 Å². The first-order valence-corrected chi connectivity index (χ1v) is 8.26. The third kappa shape index (κ3) is 3.50. The third-order valence-corrected chi connectivity index (χ3v) is 4.19. The molecule has 1 aromatic carbocycles. The molecule has 25 heavy (non-hydrogen) atoms. The summed E-state index contributed by atoms with van der Waals surface area (Å²) in [5.41, 5.74) is 1.66. The Labute approximate surface area is 145 Å². The van der Waals surface area contributed by atoms with Gasteiger partial charge in [-0.15, -0.1) is 0 Å². The van der Waals surface area contributed by atoms with Crippen molar-refractivity contribution in [3.05, 3.63) is 28.8 Å². The van der Waals surface area contributed by atoms with Gasteiger partial charge >= 0.3 is 6.09 Å². The third-order valence-electron chi connectivity index (χ3n) is 4.19. The van der Waals surface area contributed by atoms with E-state index in [1.807, 2.05) is 6.07 Å². The number of nitrogens with one attached hydrogen (secondary N) is 1. The molecule has 134 valence electrons. The van der Waals surface area contributed by atoms with Gasteiger partial charge in [-0.2, -0.15) is 0 Å². The number of aromatic amines is 1. The molecule has 2 aromatic rings. The van der Waals surface area contributed by atoms with E-state index in [0.29, 0.717) is 29.7 Å². The molecule has 1 atom stereocenters. The summed E-state index contributed by atoms with van der Waals surface area (Å²) in [5, 5.41) is 0. The van der Waals surface area contributed by atoms with Gasteiger partial charge in [0.05, 0.1) is 12.1 Å². The highest BCUT2D eigenvalue weighted by molar-refractivity contribution is 5.79. The zero-order valence-electron chi connectivity index (χ0n) is 14.9. The van der Waals surface area contributed by atoms with Crippen LogP contribution in [0, 0.1) is 11.7 Å². The molecular formula is C18H22FN3O3. The summed E-state index contributed by atoms with van der Waals surface area (Å²) in [6.45, 7) is 5.57. The molecule has 0 saturated heterocycles. The standard InChI is InChI=1S/C18H22FN3O3/c1-18(2,3)25-17(24)22(4)8-14-20-13-7-11-5-10(9-23)6-12(11)15(19)16(13)21-14/h7,9-10H,5-6,8H2,1-4H3,(H,20,21). The van der Waals surface area contributed by atoms with Gasteiger partial charge in [-0.1, -0.05) is 0 Å². The Bertz CT molecular complexity index is 838. The molecule has 1 aliphatic rings. The van der Waals surface area contributed by atoms with Gasteiger partial charge in [-0.05, 0) is 50.8 Å². The van der Waals surface area contributed by atoms with Crippen LogP contribution >= 0.6 is 0 Å². The largest absolute Gasteiger partial charge is 0.444 e. The van der Waals surface area contributed by atoms with Gasteiger partial charge in [-0.3, -0.25) is 0 Å². The van der Waals surface area contributed by atoms with Gasteiger partial charge < -0.3 is 19.4 Å². The monoisotopic (exact) mass is 347 g/mol. The van der Waals surface area contributed by atoms with Crippen molar-refractivity contribution in [2.24, 2.45) is 5.92 Å². The highest BCUT2D eigenvalue weighted by Crippen LogP contribution is 2.32. The summed E-state index contributed by atoms with van der Waals surface area (Å²) >= 11 is 0. The van der Waals surface area contributed by atoms with Crippen molar-refractivity contribution < 1.29 is 18.7 Å². The normalized spacial score (nSPS) is 16.8. The molecule has 1 aliphatic carbocycles. The maximum atomic E-state index is 14.7. The maximum absolute atomic E-state index is 14.7. The second kappa shape index (κ2) is 6.13. The molecule has 0 aliphatic heterocycles. The molecule has 1 unspecified atom stereocenters. The van der Waals surface area contributed by atoms with Crippen LogP contribution in [0.1, 0.15) is 37.7 Å². The van der Waals surface area contributed by atoms with Crippen LogP contribution in [0.2, 0.25) is 0 Å². The van der Waals surface area contributed by atoms with Crippen molar-refractivity contribution in [1.29, 1.82) is 0 Å². The van der Waals surface area contributed by atoms with E-state index in [2.05, 4.69) is 9.97 Å². The lowest BCUT2D eigenvalue weighted by molar-refractivity contribution is -0.110. The van der Waals surface area contributed by atoms with E-state index in [4.69, 9.17) is 4.74 Å². The fraction of sp³-hybridized carbons (Fsp3) is 0.500. The zero-order valence-corrected chi connectivity index (χ0v) is 14.9. The summed E-state index contributed by atoms with van der Waals surface area (Å²) in [4.78, 5) is 31.7. The van der Waals surface area contributed by atoms with Crippen molar-refractivity contribution in [1.82, 2.24) is 14.9 Å². The minimum Gasteiger partial charge on any atom is -0.444 e. The lowest BCUT2D eigenvalue weighted by Crippen LogP contribution is -2.34. The number of carbonyl (C=O) groups excluding carboxylic acids is 2. The second-order valence-corrected chi connectivity index (χ2v) is 7.55. The SMILES string of the molecule is CN(Cc1nc2c(F)c3c(cc2[nH]1)CC(C=O)C3)C(=O)OC(C)(C)C. The van der Waals surface area contributed by atoms with Crippen molar-refractivity contribution in [3.8, 4) is 0 Å². The molecule has 6 nitrogen and oxygen atoms in total. The molecule has 0 saturated carbocycles. The Kier molecular flexibility index (Phi) is 4.26. The number of ether oxygens (including phenoxy) is 1. The molecule has 1 N–H and O–H groups in total. The molecule has 1 heterocycles. The fourth-order valence-electron chi connectivity index (χ4n) is 3.07. The smallest absolute Gasteiger partial charge is 0.410 e. The highest BCUT2D eigenvalue weighted by atomic mass is 19.1. The average Bonchev–Trinajstić information content (AvgIpc) is 3.09. The van der Waals surface area contributed by atoms with Crippen molar-refractivity contribution in [2.45, 2.75) is 45.8 Å². The average molecular weight is 347 g/mol. The molecule has 1 amide bonds. The fourth-order valence-corrected chi connectivity index (χ4v) is 3.07. The first kappa shape index (κ1) is 17.4. The molecule has 7 heteroatoms. The van der Waals surface area contributed by atoms with Crippen LogP contribution < -0.4 is 0 Å². The van der Waals surface area contributed by atoms with E-state index in [-0.39, 0.29) is 23.8 Å². The number of hydrogen-bond donors (Lipinski definition) is 1. The van der Waals surface area contributed by atoms with Crippen LogP contribution in [-0.4, -0.2) is 39.9 Å². The summed E-state index contributed by atoms with van der Waals surface area (Å²) in [6.07, 6.45) is 1.38. The van der Waals surface area contributed by atoms with Gasteiger partial charge in [0.25, 0.3) is 0 Å². The van der Waals surface area contributed by atoms with Crippen molar-refractivity contribution in [2.75, 3.05) is 7.05 Å². The van der Waals surface area contributed by atoms with Crippen LogP contribution in [-0.2, 0) is 28.9 Å². The van der Waals surface area contributed by atoms with E-state index >= 15 is 0 Å². The van der Waals surface area contributed by atoms with Crippen LogP contribution in [0.5, 0.6) is 0 Å². The first-order chi connectivity index (χ1) is 11.7. The number of nitrogens with zero attached hydrogens (tertiary/aromatic N) is 2. The first-order valence-electron chi connectivity index (χ1n) is 8.26. The van der Waals surface area contributed by atoms with Gasteiger partial charge in [0.15, 0.2) is 5.82 Å². The van der Waals surface area contributed by atoms with Gasteiger partial charge in [0.2, 0.25) is 0 Å². The van der Waals surface area contributed by atoms with Crippen LogP contribution in [0.15, 0.2) is 6.07 Å². The lowest BCUT2D eigenvalue weighted by Gasteiger charge is -2.24. The molecule has 1 aromatic heterocycles. The zero-order chi connectivity index (χ0) is 18.4. The second-order valence-electron chi connectivity index (χ2n) is 7.55. The van der Waals surface area contributed by atoms with Gasteiger partial charge in [-0.25, -0.2) is 14.2 Å². The number of aldehydes is 1. The minimum absolute atomic E-state index is 0.159. The van der Waals surface area contributed by atoms with Crippen molar-refractivity contribution in [3.63, 3.8) is 0 Å². The van der Waals surface area contributed by atoms with E-state index in [9.17, 15) is 14.0 Å². The Morgan fingerprint density at radius 1 is 1.48 bits per heavy atom. The number of imidazole rings is 1. The van der Waals surface area contributed by atoms with E-state index in [1.165, 1.54) is 4.90 Å². The number of carbonyl (C=O) groups is 2. The van der Waals surface area contributed by atoms with Gasteiger partial charge in [0.1, 0.15) is 23.2 Å². The number of amides is 1. The summed E-state index contributed by atoms with van der Waals surface area (Å²) in [7, 11) is 1.60. The lowest BCUT2D eigenvalue weighted by atomic mass is 10.1. The summed E-state index contributed by atoms with van der Waals surface area (Å²) in [5.74, 6) is -0.0501. The maximum Gasteiger partial charge on any atom is 0.410 e. The number of fused-ring (bicyclic) bond motifs is 2. The minimum atomic E-state index is -0.582. The number of halogens is 1. The molecular weight excluding hydrogens is 325 g/mol. The number of aromatic nitrogens is 2. The van der Waals surface area contributed by atoms with E-state index in [0.717, 1.165) is 11.8 Å². The quantitative estimate of drug-likeness (QED) is 0.866. The molecule has 0 radical (unpaired) electrons. The highest BCUT2D eigenvalue weighted by Gasteiger charge is 2.27. The van der Waals surface area contributed by atoms with E-state index in [1.54, 1.807) is 27.8 Å².